The molecule has 0 fully saturated rings. The normalized spacial score (nSPS) is 10.8. The van der Waals surface area contributed by atoms with Crippen LogP contribution >= 0.6 is 0 Å². The van der Waals surface area contributed by atoms with E-state index < -0.39 is 0 Å². The van der Waals surface area contributed by atoms with E-state index in [1.807, 2.05) is 14.0 Å². The molecule has 0 unspecified atom stereocenters. The number of fused-ring (bicyclic) bond motifs is 1. The lowest BCUT2D eigenvalue weighted by molar-refractivity contribution is 0.886. The lowest BCUT2D eigenvalue weighted by Gasteiger charge is -2.02. The van der Waals surface area contributed by atoms with Gasteiger partial charge in [0.25, 0.3) is 0 Å². The maximum atomic E-state index is 4.48. The van der Waals surface area contributed by atoms with Gasteiger partial charge in [-0.2, -0.15) is 0 Å². The smallest absolute Gasteiger partial charge is 0.106 e. The fourth-order valence-electron chi connectivity index (χ4n) is 1.63. The van der Waals surface area contributed by atoms with Crippen LogP contribution in [0.3, 0.4) is 0 Å². The summed E-state index contributed by atoms with van der Waals surface area (Å²) in [5, 5.41) is 3.28. The minimum atomic E-state index is 0.942. The first-order valence-electron chi connectivity index (χ1n) is 4.89. The van der Waals surface area contributed by atoms with E-state index in [2.05, 4.69) is 40.0 Å². The third-order valence-corrected chi connectivity index (χ3v) is 2.49. The average Bonchev–Trinajstić information content (AvgIpc) is 2.43. The molecule has 0 spiro atoms. The number of benzene rings is 1. The number of nitrogens with zero attached hydrogens (tertiary/aromatic N) is 2. The third-order valence-electron chi connectivity index (χ3n) is 2.49. The molecule has 74 valence electrons. The van der Waals surface area contributed by atoms with E-state index in [1.54, 1.807) is 0 Å². The fourth-order valence-corrected chi connectivity index (χ4v) is 1.63. The molecule has 0 radical (unpaired) electrons. The Balaban J connectivity index is 2.56. The number of rotatable bonds is 2. The summed E-state index contributed by atoms with van der Waals surface area (Å²) in [5.74, 6) is 1.05. The molecule has 0 saturated carbocycles. The van der Waals surface area contributed by atoms with Crippen molar-refractivity contribution in [2.45, 2.75) is 13.8 Å². The van der Waals surface area contributed by atoms with Gasteiger partial charge in [0.2, 0.25) is 0 Å². The summed E-state index contributed by atoms with van der Waals surface area (Å²) in [6, 6.07) is 6.28. The Morgan fingerprint density at radius 2 is 2.21 bits per heavy atom. The maximum Gasteiger partial charge on any atom is 0.106 e. The minimum Gasteiger partial charge on any atom is -0.385 e. The first kappa shape index (κ1) is 9.06. The van der Waals surface area contributed by atoms with Gasteiger partial charge in [0.05, 0.1) is 11.0 Å². The zero-order chi connectivity index (χ0) is 10.1. The van der Waals surface area contributed by atoms with E-state index >= 15 is 0 Å². The van der Waals surface area contributed by atoms with Gasteiger partial charge in [-0.05, 0) is 32.0 Å². The molecule has 0 bridgehead atoms. The number of hydrogen-bond donors (Lipinski definition) is 1. The van der Waals surface area contributed by atoms with Crippen LogP contribution < -0.4 is 5.32 Å². The zero-order valence-corrected chi connectivity index (χ0v) is 8.83. The summed E-state index contributed by atoms with van der Waals surface area (Å²) in [4.78, 5) is 4.48. The van der Waals surface area contributed by atoms with Gasteiger partial charge in [0.15, 0.2) is 0 Å². The lowest BCUT2D eigenvalue weighted by atomic mass is 10.2. The molecule has 0 atom stereocenters. The predicted octanol–water partition coefficient (Wildman–Crippen LogP) is 2.31. The summed E-state index contributed by atoms with van der Waals surface area (Å²) in [6.07, 6.45) is 0. The number of hydrogen-bond acceptors (Lipinski definition) is 2. The van der Waals surface area contributed by atoms with Gasteiger partial charge in [0.1, 0.15) is 5.82 Å². The van der Waals surface area contributed by atoms with Gasteiger partial charge in [-0.1, -0.05) is 0 Å². The first-order valence-corrected chi connectivity index (χ1v) is 4.89. The van der Waals surface area contributed by atoms with Crippen molar-refractivity contribution in [2.75, 3.05) is 11.9 Å². The Morgan fingerprint density at radius 1 is 1.43 bits per heavy atom. The van der Waals surface area contributed by atoms with Crippen LogP contribution in [0.4, 0.5) is 5.69 Å². The van der Waals surface area contributed by atoms with Gasteiger partial charge >= 0.3 is 0 Å². The van der Waals surface area contributed by atoms with Crippen molar-refractivity contribution < 1.29 is 0 Å². The van der Waals surface area contributed by atoms with Crippen molar-refractivity contribution in [1.82, 2.24) is 9.55 Å². The molecule has 14 heavy (non-hydrogen) atoms. The van der Waals surface area contributed by atoms with Crippen molar-refractivity contribution in [3.8, 4) is 0 Å². The predicted molar refractivity (Wildman–Crippen MR) is 59.6 cm³/mol. The van der Waals surface area contributed by atoms with Crippen LogP contribution in [0.1, 0.15) is 12.7 Å². The van der Waals surface area contributed by atoms with E-state index in [0.29, 0.717) is 0 Å². The number of nitrogens with one attached hydrogen (secondary N) is 1. The summed E-state index contributed by atoms with van der Waals surface area (Å²) in [6.45, 7) is 5.05. The second-order valence-corrected chi connectivity index (χ2v) is 3.45. The number of aryl methyl sites for hydroxylation is 2. The minimum absolute atomic E-state index is 0.942. The highest BCUT2D eigenvalue weighted by Gasteiger charge is 2.03. The van der Waals surface area contributed by atoms with Crippen LogP contribution in [0.5, 0.6) is 0 Å². The van der Waals surface area contributed by atoms with Crippen LogP contribution in [0.25, 0.3) is 11.0 Å². The zero-order valence-electron chi connectivity index (χ0n) is 8.83. The van der Waals surface area contributed by atoms with Crippen molar-refractivity contribution in [2.24, 2.45) is 7.05 Å². The van der Waals surface area contributed by atoms with Crippen molar-refractivity contribution in [1.29, 1.82) is 0 Å². The molecular weight excluding hydrogens is 174 g/mol. The standard InChI is InChI=1S/C11H15N3/c1-4-12-9-5-6-11-10(7-9)13-8(2)14(11)3/h5-7,12H,4H2,1-3H3. The second-order valence-electron chi connectivity index (χ2n) is 3.45. The molecule has 2 rings (SSSR count). The van der Waals surface area contributed by atoms with Gasteiger partial charge in [-0.15, -0.1) is 0 Å². The lowest BCUT2D eigenvalue weighted by Crippen LogP contribution is -1.95. The van der Waals surface area contributed by atoms with Gasteiger partial charge in [-0.3, -0.25) is 0 Å². The molecule has 3 nitrogen and oxygen atoms in total. The SMILES string of the molecule is CCNc1ccc2c(c1)nc(C)n2C. The summed E-state index contributed by atoms with van der Waals surface area (Å²) in [5.41, 5.74) is 3.38. The maximum absolute atomic E-state index is 4.48. The third kappa shape index (κ3) is 1.35. The monoisotopic (exact) mass is 189 g/mol. The number of aromatic nitrogens is 2. The van der Waals surface area contributed by atoms with E-state index in [9.17, 15) is 0 Å². The van der Waals surface area contributed by atoms with Crippen LogP contribution in [-0.4, -0.2) is 16.1 Å². The molecule has 1 aromatic heterocycles. The molecule has 0 aliphatic carbocycles. The van der Waals surface area contributed by atoms with Crippen LogP contribution in [0.15, 0.2) is 18.2 Å². The molecule has 0 saturated heterocycles. The van der Waals surface area contributed by atoms with E-state index in [4.69, 9.17) is 0 Å². The largest absolute Gasteiger partial charge is 0.385 e. The average molecular weight is 189 g/mol. The van der Waals surface area contributed by atoms with Gasteiger partial charge in [0, 0.05) is 19.3 Å². The molecule has 0 aliphatic rings. The number of imidazole rings is 1. The van der Waals surface area contributed by atoms with Crippen molar-refractivity contribution in [3.05, 3.63) is 24.0 Å². The van der Waals surface area contributed by atoms with Crippen LogP contribution in [-0.2, 0) is 7.05 Å². The van der Waals surface area contributed by atoms with Gasteiger partial charge in [-0.25, -0.2) is 4.98 Å². The summed E-state index contributed by atoms with van der Waals surface area (Å²) in [7, 11) is 2.04. The molecule has 0 aliphatic heterocycles. The molecule has 1 heterocycles. The Morgan fingerprint density at radius 3 is 2.93 bits per heavy atom. The Bertz CT molecular complexity index is 457. The van der Waals surface area contributed by atoms with E-state index in [0.717, 1.165) is 23.6 Å². The Kier molecular flexibility index (Phi) is 2.15. The summed E-state index contributed by atoms with van der Waals surface area (Å²) < 4.78 is 2.10. The second kappa shape index (κ2) is 3.33. The highest BCUT2D eigenvalue weighted by molar-refractivity contribution is 5.80. The topological polar surface area (TPSA) is 29.9 Å². The van der Waals surface area contributed by atoms with Crippen molar-refractivity contribution in [3.63, 3.8) is 0 Å². The molecule has 3 heteroatoms. The van der Waals surface area contributed by atoms with E-state index in [1.165, 1.54) is 5.52 Å². The number of anilines is 1. The molecule has 0 amide bonds. The quantitative estimate of drug-likeness (QED) is 0.785. The Labute approximate surface area is 83.8 Å². The van der Waals surface area contributed by atoms with Gasteiger partial charge < -0.3 is 9.88 Å². The highest BCUT2D eigenvalue weighted by atomic mass is 15.0. The molecular formula is C11H15N3. The van der Waals surface area contributed by atoms with Crippen LogP contribution in [0, 0.1) is 6.92 Å². The molecule has 1 N–H and O–H groups in total. The summed E-state index contributed by atoms with van der Waals surface area (Å²) >= 11 is 0. The highest BCUT2D eigenvalue weighted by Crippen LogP contribution is 2.18. The fraction of sp³-hybridized carbons (Fsp3) is 0.364. The van der Waals surface area contributed by atoms with Crippen molar-refractivity contribution >= 4 is 16.7 Å². The van der Waals surface area contributed by atoms with Crippen LogP contribution in [0.2, 0.25) is 0 Å². The Hall–Kier alpha value is -1.51. The molecule has 1 aromatic carbocycles. The molecule has 2 aromatic rings. The first-order chi connectivity index (χ1) is 6.72. The van der Waals surface area contributed by atoms with E-state index in [-0.39, 0.29) is 0 Å².